The van der Waals surface area contributed by atoms with Gasteiger partial charge in [-0.2, -0.15) is 0 Å². The molecule has 0 spiro atoms. The quantitative estimate of drug-likeness (QED) is 0.0226. The highest BCUT2D eigenvalue weighted by atomic mass is 19.1. The van der Waals surface area contributed by atoms with Crippen LogP contribution in [0.4, 0.5) is 28.9 Å². The average Bonchev–Trinajstić information content (AvgIpc) is 1.58. The summed E-state index contributed by atoms with van der Waals surface area (Å²) in [5, 5.41) is 27.9. The van der Waals surface area contributed by atoms with Crippen molar-refractivity contribution in [2.75, 3.05) is 25.1 Å². The molecule has 22 nitrogen and oxygen atoms in total. The molecule has 93 heavy (non-hydrogen) atoms. The number of nitrogens with two attached hydrogens (primary N) is 1. The molecule has 1 unspecified atom stereocenters. The third kappa shape index (κ3) is 13.8. The highest BCUT2D eigenvalue weighted by Gasteiger charge is 2.80. The Bertz CT molecular complexity index is 3390. The molecule has 0 bridgehead atoms. The molecule has 4 fully saturated rings. The molecular formula is C69H87F2N7O15. The van der Waals surface area contributed by atoms with Crippen molar-refractivity contribution in [1.82, 2.24) is 26.6 Å². The minimum Gasteiger partial charge on any atom is -0.456 e. The van der Waals surface area contributed by atoms with Gasteiger partial charge < -0.3 is 66.4 Å². The Labute approximate surface area is 540 Å². The van der Waals surface area contributed by atoms with Crippen molar-refractivity contribution in [1.29, 1.82) is 0 Å². The maximum absolute atomic E-state index is 18.0. The minimum atomic E-state index is -2.43. The zero-order chi connectivity index (χ0) is 67.5. The van der Waals surface area contributed by atoms with Gasteiger partial charge in [0.2, 0.25) is 23.5 Å². The Balaban J connectivity index is 0.779. The Morgan fingerprint density at radius 3 is 2.11 bits per heavy atom. The number of primary amides is 1. The molecule has 1 heterocycles. The third-order valence-electron chi connectivity index (χ3n) is 19.7. The number of ether oxygens (including phenoxy) is 5. The van der Waals surface area contributed by atoms with Gasteiger partial charge in [-0.15, -0.1) is 0 Å². The third-order valence-corrected chi connectivity index (χ3v) is 19.7. The number of alkyl carbamates (subject to hydrolysis) is 2. The molecule has 3 saturated carbocycles. The number of aliphatic hydroxyl groups excluding tert-OH is 1. The molecule has 3 aromatic rings. The van der Waals surface area contributed by atoms with Crippen molar-refractivity contribution >= 4 is 59.2 Å². The van der Waals surface area contributed by atoms with Crippen molar-refractivity contribution in [2.24, 2.45) is 40.2 Å². The van der Waals surface area contributed by atoms with E-state index in [0.717, 1.165) is 28.3 Å². The van der Waals surface area contributed by atoms with E-state index in [0.29, 0.717) is 24.1 Å². The van der Waals surface area contributed by atoms with Gasteiger partial charge in [-0.3, -0.25) is 24.0 Å². The van der Waals surface area contributed by atoms with E-state index in [2.05, 4.69) is 31.9 Å². The summed E-state index contributed by atoms with van der Waals surface area (Å²) in [7, 11) is 0. The monoisotopic (exact) mass is 1290 g/mol. The summed E-state index contributed by atoms with van der Waals surface area (Å²) in [5.41, 5.74) is 1.09. The molecule has 3 aromatic carbocycles. The van der Waals surface area contributed by atoms with Crippen molar-refractivity contribution in [3.8, 4) is 11.1 Å². The van der Waals surface area contributed by atoms with Gasteiger partial charge in [0.1, 0.15) is 43.0 Å². The van der Waals surface area contributed by atoms with E-state index in [-0.39, 0.29) is 75.7 Å². The van der Waals surface area contributed by atoms with E-state index >= 15 is 8.78 Å². The van der Waals surface area contributed by atoms with Gasteiger partial charge in [0.25, 0.3) is 0 Å². The summed E-state index contributed by atoms with van der Waals surface area (Å²) in [6.07, 6.45) is -2.62. The molecular weight excluding hydrogens is 1200 g/mol. The zero-order valence-corrected chi connectivity index (χ0v) is 54.1. The number of ketones is 2. The normalized spacial score (nSPS) is 27.5. The Kier molecular flexibility index (Phi) is 20.7. The molecule has 6 aliphatic rings. The van der Waals surface area contributed by atoms with Crippen LogP contribution in [0.2, 0.25) is 0 Å². The van der Waals surface area contributed by atoms with Crippen LogP contribution >= 0.6 is 0 Å². The second kappa shape index (κ2) is 27.9. The van der Waals surface area contributed by atoms with Gasteiger partial charge in [0.15, 0.2) is 29.9 Å². The number of Topliss-reactive ketones (excluding diaryl/α,β-unsaturated/α-hetero) is 1. The van der Waals surface area contributed by atoms with Crippen LogP contribution in [-0.2, 0) is 59.1 Å². The number of amides is 7. The first-order valence-electron chi connectivity index (χ1n) is 32.1. The maximum Gasteiger partial charge on any atom is 0.408 e. The number of benzene rings is 3. The van der Waals surface area contributed by atoms with Gasteiger partial charge in [-0.25, -0.2) is 28.0 Å². The molecule has 24 heteroatoms. The fraction of sp³-hybridized carbons (Fsp3) is 0.551. The minimum absolute atomic E-state index is 0.0197. The lowest BCUT2D eigenvalue weighted by Crippen LogP contribution is -2.71. The molecule has 9 rings (SSSR count). The average molecular weight is 1290 g/mol. The molecule has 502 valence electrons. The predicted octanol–water partition coefficient (Wildman–Crippen LogP) is 7.98. The zero-order valence-electron chi connectivity index (χ0n) is 54.1. The van der Waals surface area contributed by atoms with Crippen molar-refractivity contribution in [3.63, 3.8) is 0 Å². The second-order valence-corrected chi connectivity index (χ2v) is 27.2. The first-order valence-corrected chi connectivity index (χ1v) is 32.1. The van der Waals surface area contributed by atoms with E-state index in [1.807, 2.05) is 69.3 Å². The van der Waals surface area contributed by atoms with Crippen LogP contribution in [0, 0.1) is 34.5 Å². The van der Waals surface area contributed by atoms with Crippen LogP contribution < -0.4 is 37.6 Å². The Morgan fingerprint density at radius 2 is 1.47 bits per heavy atom. The largest absolute Gasteiger partial charge is 0.456 e. The summed E-state index contributed by atoms with van der Waals surface area (Å²) in [5.74, 6) is -6.93. The molecule has 9 N–H and O–H groups in total. The van der Waals surface area contributed by atoms with E-state index < -0.39 is 148 Å². The summed E-state index contributed by atoms with van der Waals surface area (Å²) in [6, 6.07) is 17.8. The first-order chi connectivity index (χ1) is 44.0. The van der Waals surface area contributed by atoms with Gasteiger partial charge in [0, 0.05) is 34.9 Å². The fourth-order valence-electron chi connectivity index (χ4n) is 15.1. The van der Waals surface area contributed by atoms with Crippen LogP contribution in [-0.4, -0.2) is 138 Å². The number of carbonyl (C=O) groups is 9. The Morgan fingerprint density at radius 1 is 0.817 bits per heavy atom. The molecule has 13 atom stereocenters. The van der Waals surface area contributed by atoms with Gasteiger partial charge in [0.05, 0.1) is 12.2 Å². The molecule has 1 saturated heterocycles. The number of halogens is 2. The number of hydrogen-bond donors (Lipinski definition) is 8. The molecule has 1 aliphatic heterocycles. The van der Waals surface area contributed by atoms with Gasteiger partial charge in [-0.1, -0.05) is 115 Å². The van der Waals surface area contributed by atoms with Crippen LogP contribution in [0.1, 0.15) is 136 Å². The number of carbonyl (C=O) groups excluding carboxylic acids is 9. The first kappa shape index (κ1) is 69.3. The number of fused-ring (bicyclic) bond motifs is 10. The number of esters is 1. The number of urea groups is 1. The number of nitrogens with one attached hydrogen (secondary N) is 6. The van der Waals surface area contributed by atoms with E-state index in [4.69, 9.17) is 29.4 Å². The number of rotatable bonds is 25. The molecule has 0 radical (unpaired) electrons. The molecule has 5 aliphatic carbocycles. The number of anilines is 1. The van der Waals surface area contributed by atoms with Crippen LogP contribution in [0.25, 0.3) is 11.1 Å². The fourth-order valence-corrected chi connectivity index (χ4v) is 15.1. The van der Waals surface area contributed by atoms with Crippen molar-refractivity contribution < 1.29 is 80.7 Å². The van der Waals surface area contributed by atoms with Crippen molar-refractivity contribution in [3.05, 3.63) is 113 Å². The van der Waals surface area contributed by atoms with Crippen LogP contribution in [0.3, 0.4) is 0 Å². The SMILES string of the molecule is CCCC1O[C@@H]2C[C@H]3[C@@H]4C[C@H](F)C5=CC(=O)C=C[C@]5(C)[C@@]4(F)[C@@H](O)C[C@]3(C)[C@]2(C(=O)COC(=O)C(C)(C)NC(=O)[C@H](CC(C)C)NC(=O)OCc2ccc(NC(=O)[C@H](CCCNC(N)=O)NC(=O)[C@@H](NC(=O)OCC3c4ccccc4-c4ccccc43)C(C)C)cc2)O1. The van der Waals surface area contributed by atoms with Crippen LogP contribution in [0.5, 0.6) is 0 Å². The number of hydrogen-bond acceptors (Lipinski definition) is 15. The summed E-state index contributed by atoms with van der Waals surface area (Å²) in [4.78, 5) is 121. The highest BCUT2D eigenvalue weighted by Crippen LogP contribution is 2.72. The Hall–Kier alpha value is -8.09. The number of alkyl halides is 2. The lowest BCUT2D eigenvalue weighted by atomic mass is 9.44. The van der Waals surface area contributed by atoms with Gasteiger partial charge in [-0.05, 0) is 141 Å². The topological polar surface area (TPSA) is 318 Å². The van der Waals surface area contributed by atoms with Crippen LogP contribution in [0.15, 0.2) is 96.6 Å². The smallest absolute Gasteiger partial charge is 0.408 e. The van der Waals surface area contributed by atoms with E-state index in [1.165, 1.54) is 32.9 Å². The summed E-state index contributed by atoms with van der Waals surface area (Å²) >= 11 is 0. The molecule has 7 amide bonds. The predicted molar refractivity (Wildman–Crippen MR) is 337 cm³/mol. The number of aliphatic hydroxyl groups is 1. The summed E-state index contributed by atoms with van der Waals surface area (Å²) in [6.45, 7) is 13.9. The standard InChI is InChI=1S/C69H87F2N7O15/c1-10-16-56-92-55-32-47-48-31-50(70)49-30-41(79)26-27-66(49,8)68(48,71)53(80)33-67(47,9)69(55,93-56)54(81)36-89-61(85)65(6,7)78-59(83)52(29-37(2)3)76-63(87)90-34-39-22-24-40(25-23-39)74-58(82)51(21-15-28-73-62(72)86)75-60(84)57(38(4)5)77-64(88)91-35-46-44-19-13-11-17-42(44)43-18-12-14-20-45(43)46/h11-14,17-20,22-27,30,37-38,46-48,50-53,55-57,80H,10,15-16,21,28-29,31-36H2,1-9H3,(H,74,82)(H,75,84)(H,76,87)(H,77,88)(H,78,83)(H3,72,73,86)/t47-,48-,50-,51-,52-,53-,55+,56?,57-,66-,67-,68-,69+/m0/s1. The summed E-state index contributed by atoms with van der Waals surface area (Å²) < 4.78 is 64.1. The lowest BCUT2D eigenvalue weighted by molar-refractivity contribution is -0.235. The highest BCUT2D eigenvalue weighted by molar-refractivity contribution is 6.02. The molecule has 0 aromatic heterocycles. The second-order valence-electron chi connectivity index (χ2n) is 27.2. The van der Waals surface area contributed by atoms with E-state index in [1.54, 1.807) is 45.0 Å². The van der Waals surface area contributed by atoms with Gasteiger partial charge >= 0.3 is 24.2 Å². The van der Waals surface area contributed by atoms with E-state index in [9.17, 15) is 48.3 Å². The lowest BCUT2D eigenvalue weighted by Gasteiger charge is -2.63. The maximum atomic E-state index is 18.0. The van der Waals surface area contributed by atoms with Crippen molar-refractivity contribution in [2.45, 2.75) is 186 Å². The number of allylic oxidation sites excluding steroid dienone is 4.